The highest BCUT2D eigenvalue weighted by Gasteiger charge is 2.08. The van der Waals surface area contributed by atoms with Gasteiger partial charge in [-0.1, -0.05) is 60.7 Å². The lowest BCUT2D eigenvalue weighted by molar-refractivity contribution is 0.770. The topological polar surface area (TPSA) is 17.8 Å². The smallest absolute Gasteiger partial charge is 0.0959 e. The van der Waals surface area contributed by atoms with Gasteiger partial charge < -0.3 is 4.57 Å². The van der Waals surface area contributed by atoms with Crippen LogP contribution in [0.1, 0.15) is 11.3 Å². The Bertz CT molecular complexity index is 654. The first kappa shape index (κ1) is 11.7. The molecule has 0 saturated carbocycles. The lowest BCUT2D eigenvalue weighted by atomic mass is 10.1. The molecule has 0 saturated heterocycles. The Morgan fingerprint density at radius 3 is 2.21 bits per heavy atom. The highest BCUT2D eigenvalue weighted by Crippen LogP contribution is 2.21. The van der Waals surface area contributed by atoms with E-state index in [4.69, 9.17) is 0 Å². The van der Waals surface area contributed by atoms with Gasteiger partial charge in [-0.2, -0.15) is 0 Å². The van der Waals surface area contributed by atoms with Crippen LogP contribution in [0.5, 0.6) is 0 Å². The number of benzene rings is 2. The average molecular weight is 248 g/mol. The van der Waals surface area contributed by atoms with Gasteiger partial charge in [0.15, 0.2) is 0 Å². The monoisotopic (exact) mass is 248 g/mol. The Kier molecular flexibility index (Phi) is 3.15. The minimum absolute atomic E-state index is 0.868. The van der Waals surface area contributed by atoms with Crippen molar-refractivity contribution in [3.63, 3.8) is 0 Å². The van der Waals surface area contributed by atoms with Crippen LogP contribution in [0.15, 0.2) is 67.0 Å². The number of hydrogen-bond acceptors (Lipinski definition) is 1. The summed E-state index contributed by atoms with van der Waals surface area (Å²) in [4.78, 5) is 4.55. The van der Waals surface area contributed by atoms with Gasteiger partial charge in [0, 0.05) is 17.8 Å². The van der Waals surface area contributed by atoms with E-state index in [-0.39, 0.29) is 0 Å². The van der Waals surface area contributed by atoms with Crippen molar-refractivity contribution in [2.75, 3.05) is 0 Å². The molecule has 3 aromatic rings. The molecule has 1 heterocycles. The predicted molar refractivity (Wildman–Crippen MR) is 77.9 cm³/mol. The highest BCUT2D eigenvalue weighted by atomic mass is 15.1. The summed E-state index contributed by atoms with van der Waals surface area (Å²) < 4.78 is 2.19. The fourth-order valence-electron chi connectivity index (χ4n) is 2.26. The molecule has 1 aromatic heterocycles. The van der Waals surface area contributed by atoms with Gasteiger partial charge in [0.25, 0.3) is 0 Å². The molecule has 2 nitrogen and oxygen atoms in total. The van der Waals surface area contributed by atoms with Gasteiger partial charge in [-0.25, -0.2) is 4.98 Å². The van der Waals surface area contributed by atoms with Crippen molar-refractivity contribution < 1.29 is 0 Å². The van der Waals surface area contributed by atoms with Crippen molar-refractivity contribution in [2.45, 2.75) is 13.5 Å². The maximum atomic E-state index is 4.55. The molecule has 0 aliphatic carbocycles. The number of hydrogen-bond donors (Lipinski definition) is 0. The first-order valence-electron chi connectivity index (χ1n) is 6.45. The van der Waals surface area contributed by atoms with Crippen LogP contribution in [0.2, 0.25) is 0 Å². The number of rotatable bonds is 3. The van der Waals surface area contributed by atoms with Crippen molar-refractivity contribution >= 4 is 0 Å². The van der Waals surface area contributed by atoms with Crippen LogP contribution in [0.4, 0.5) is 0 Å². The molecule has 94 valence electrons. The quantitative estimate of drug-likeness (QED) is 0.687. The summed E-state index contributed by atoms with van der Waals surface area (Å²) >= 11 is 0. The largest absolute Gasteiger partial charge is 0.330 e. The van der Waals surface area contributed by atoms with E-state index in [2.05, 4.69) is 52.9 Å². The molecule has 0 radical (unpaired) electrons. The summed E-state index contributed by atoms with van der Waals surface area (Å²) in [6.07, 6.45) is 1.92. The Morgan fingerprint density at radius 2 is 1.53 bits per heavy atom. The fourth-order valence-corrected chi connectivity index (χ4v) is 2.26. The predicted octanol–water partition coefficient (Wildman–Crippen LogP) is 3.91. The Labute approximate surface area is 113 Å². The molecular weight excluding hydrogens is 232 g/mol. The van der Waals surface area contributed by atoms with Gasteiger partial charge >= 0.3 is 0 Å². The van der Waals surface area contributed by atoms with Gasteiger partial charge in [-0.3, -0.25) is 0 Å². The molecule has 0 amide bonds. The molecule has 0 atom stereocenters. The molecule has 3 rings (SSSR count). The number of nitrogens with zero attached hydrogens (tertiary/aromatic N) is 2. The molecule has 0 N–H and O–H groups in total. The van der Waals surface area contributed by atoms with Crippen LogP contribution in [-0.4, -0.2) is 9.55 Å². The Morgan fingerprint density at radius 1 is 0.895 bits per heavy atom. The zero-order valence-corrected chi connectivity index (χ0v) is 11.0. The van der Waals surface area contributed by atoms with E-state index in [1.54, 1.807) is 0 Å². The van der Waals surface area contributed by atoms with Crippen molar-refractivity contribution in [3.8, 4) is 11.3 Å². The van der Waals surface area contributed by atoms with Crippen molar-refractivity contribution in [3.05, 3.63) is 78.2 Å². The third-order valence-corrected chi connectivity index (χ3v) is 3.34. The van der Waals surface area contributed by atoms with Crippen molar-refractivity contribution in [2.24, 2.45) is 0 Å². The van der Waals surface area contributed by atoms with E-state index in [0.29, 0.717) is 0 Å². The highest BCUT2D eigenvalue weighted by molar-refractivity contribution is 5.61. The summed E-state index contributed by atoms with van der Waals surface area (Å²) in [5, 5.41) is 0. The van der Waals surface area contributed by atoms with Gasteiger partial charge in [0.2, 0.25) is 0 Å². The van der Waals surface area contributed by atoms with Gasteiger partial charge in [0.05, 0.1) is 12.0 Å². The lowest BCUT2D eigenvalue weighted by Crippen LogP contribution is -2.00. The molecule has 19 heavy (non-hydrogen) atoms. The Hall–Kier alpha value is -2.35. The summed E-state index contributed by atoms with van der Waals surface area (Å²) in [7, 11) is 0. The maximum Gasteiger partial charge on any atom is 0.0959 e. The lowest BCUT2D eigenvalue weighted by Gasteiger charge is -2.06. The second kappa shape index (κ2) is 5.11. The zero-order chi connectivity index (χ0) is 13.1. The fraction of sp³-hybridized carbons (Fsp3) is 0.118. The van der Waals surface area contributed by atoms with Crippen molar-refractivity contribution in [1.29, 1.82) is 0 Å². The van der Waals surface area contributed by atoms with E-state index in [9.17, 15) is 0 Å². The standard InChI is InChI=1S/C17H16N2/c1-14-17(16-10-6-3-7-11-16)18-13-19(14)12-15-8-4-2-5-9-15/h2-11,13H,12H2,1H3. The summed E-state index contributed by atoms with van der Waals surface area (Å²) in [6, 6.07) is 20.8. The minimum atomic E-state index is 0.868. The third kappa shape index (κ3) is 2.43. The molecular formula is C17H16N2. The van der Waals surface area contributed by atoms with Crippen LogP contribution in [0.3, 0.4) is 0 Å². The van der Waals surface area contributed by atoms with Gasteiger partial charge in [-0.05, 0) is 12.5 Å². The molecule has 0 spiro atoms. The van der Waals surface area contributed by atoms with Crippen LogP contribution >= 0.6 is 0 Å². The van der Waals surface area contributed by atoms with E-state index in [0.717, 1.165) is 12.2 Å². The maximum absolute atomic E-state index is 4.55. The third-order valence-electron chi connectivity index (χ3n) is 3.34. The van der Waals surface area contributed by atoms with E-state index >= 15 is 0 Å². The Balaban J connectivity index is 1.92. The normalized spacial score (nSPS) is 10.6. The van der Waals surface area contributed by atoms with E-state index in [1.165, 1.54) is 16.8 Å². The van der Waals surface area contributed by atoms with Gasteiger partial charge in [-0.15, -0.1) is 0 Å². The summed E-state index contributed by atoms with van der Waals surface area (Å²) in [6.45, 7) is 2.99. The van der Waals surface area contributed by atoms with Crippen LogP contribution < -0.4 is 0 Å². The average Bonchev–Trinajstić information content (AvgIpc) is 2.82. The summed E-state index contributed by atoms with van der Waals surface area (Å²) in [5.41, 5.74) is 4.74. The summed E-state index contributed by atoms with van der Waals surface area (Å²) in [5.74, 6) is 0. The SMILES string of the molecule is Cc1c(-c2ccccc2)ncn1Cc1ccccc1. The zero-order valence-electron chi connectivity index (χ0n) is 11.0. The van der Waals surface area contributed by atoms with Gasteiger partial charge in [0.1, 0.15) is 0 Å². The van der Waals surface area contributed by atoms with E-state index < -0.39 is 0 Å². The van der Waals surface area contributed by atoms with Crippen LogP contribution in [-0.2, 0) is 6.54 Å². The molecule has 0 fully saturated rings. The molecule has 0 aliphatic heterocycles. The van der Waals surface area contributed by atoms with Crippen LogP contribution in [0.25, 0.3) is 11.3 Å². The molecule has 2 aromatic carbocycles. The molecule has 0 aliphatic rings. The van der Waals surface area contributed by atoms with Crippen LogP contribution in [0, 0.1) is 6.92 Å². The molecule has 0 unspecified atom stereocenters. The molecule has 0 bridgehead atoms. The first-order chi connectivity index (χ1) is 9.34. The number of imidazole rings is 1. The van der Waals surface area contributed by atoms with Crippen molar-refractivity contribution in [1.82, 2.24) is 9.55 Å². The molecule has 2 heteroatoms. The number of aromatic nitrogens is 2. The first-order valence-corrected chi connectivity index (χ1v) is 6.45. The minimum Gasteiger partial charge on any atom is -0.330 e. The second-order valence-electron chi connectivity index (χ2n) is 4.66. The van der Waals surface area contributed by atoms with E-state index in [1.807, 2.05) is 30.6 Å². The second-order valence-corrected chi connectivity index (χ2v) is 4.66.